The van der Waals surface area contributed by atoms with Crippen LogP contribution in [0.3, 0.4) is 0 Å². The van der Waals surface area contributed by atoms with E-state index >= 15 is 0 Å². The van der Waals surface area contributed by atoms with E-state index in [1.54, 1.807) is 7.11 Å². The van der Waals surface area contributed by atoms with Crippen LogP contribution in [0.4, 0.5) is 5.82 Å². The van der Waals surface area contributed by atoms with E-state index in [1.807, 2.05) is 59.5 Å². The molecule has 1 aromatic heterocycles. The van der Waals surface area contributed by atoms with Gasteiger partial charge in [0.25, 0.3) is 0 Å². The first-order valence-electron chi connectivity index (χ1n) is 11.2. The molecule has 0 N–H and O–H groups in total. The Labute approximate surface area is 189 Å². The molecule has 1 amide bonds. The number of hydrogen-bond donors (Lipinski definition) is 0. The molecule has 3 aromatic rings. The zero-order valence-electron chi connectivity index (χ0n) is 18.8. The lowest BCUT2D eigenvalue weighted by Gasteiger charge is -2.34. The van der Waals surface area contributed by atoms with Crippen molar-refractivity contribution >= 4 is 11.7 Å². The molecular formula is C26H30N4O2. The fourth-order valence-corrected chi connectivity index (χ4v) is 4.26. The van der Waals surface area contributed by atoms with E-state index in [2.05, 4.69) is 34.2 Å². The second-order valence-electron chi connectivity index (χ2n) is 8.08. The Morgan fingerprint density at radius 2 is 1.72 bits per heavy atom. The van der Waals surface area contributed by atoms with E-state index in [4.69, 9.17) is 4.74 Å². The SMILES string of the molecule is CCN(Cc1ccccc1)C(=O)C1CCN(c2ccc(-c3ccccc3OC)nn2)CC1. The molecule has 32 heavy (non-hydrogen) atoms. The summed E-state index contributed by atoms with van der Waals surface area (Å²) < 4.78 is 5.43. The number of nitrogens with zero attached hydrogens (tertiary/aromatic N) is 4. The number of ether oxygens (including phenoxy) is 1. The molecule has 1 fully saturated rings. The van der Waals surface area contributed by atoms with Crippen molar-refractivity contribution in [1.82, 2.24) is 15.1 Å². The Morgan fingerprint density at radius 1 is 1.00 bits per heavy atom. The molecule has 6 nitrogen and oxygen atoms in total. The third kappa shape index (κ3) is 4.90. The van der Waals surface area contributed by atoms with Crippen LogP contribution in [-0.2, 0) is 11.3 Å². The van der Waals surface area contributed by atoms with Gasteiger partial charge in [-0.15, -0.1) is 10.2 Å². The third-order valence-electron chi connectivity index (χ3n) is 6.11. The van der Waals surface area contributed by atoms with E-state index in [0.717, 1.165) is 55.3 Å². The Morgan fingerprint density at radius 3 is 2.38 bits per heavy atom. The maximum atomic E-state index is 13.1. The minimum atomic E-state index is 0.0655. The van der Waals surface area contributed by atoms with Gasteiger partial charge in [0.15, 0.2) is 5.82 Å². The van der Waals surface area contributed by atoms with Crippen molar-refractivity contribution in [3.05, 3.63) is 72.3 Å². The molecule has 0 radical (unpaired) electrons. The second kappa shape index (κ2) is 10.3. The smallest absolute Gasteiger partial charge is 0.226 e. The Balaban J connectivity index is 1.36. The zero-order valence-corrected chi connectivity index (χ0v) is 18.8. The Kier molecular flexibility index (Phi) is 7.00. The number of carbonyl (C=O) groups is 1. The van der Waals surface area contributed by atoms with Gasteiger partial charge in [-0.1, -0.05) is 42.5 Å². The standard InChI is InChI=1S/C26H30N4O2/c1-3-29(19-20-9-5-4-6-10-20)26(31)21-15-17-30(18-16-21)25-14-13-23(27-28-25)22-11-7-8-12-24(22)32-2/h4-14,21H,3,15-19H2,1-2H3. The van der Waals surface area contributed by atoms with Gasteiger partial charge in [-0.25, -0.2) is 0 Å². The van der Waals surface area contributed by atoms with Crippen LogP contribution in [0.25, 0.3) is 11.3 Å². The van der Waals surface area contributed by atoms with Gasteiger partial charge >= 0.3 is 0 Å². The molecule has 0 atom stereocenters. The van der Waals surface area contributed by atoms with Crippen molar-refractivity contribution < 1.29 is 9.53 Å². The van der Waals surface area contributed by atoms with E-state index < -0.39 is 0 Å². The number of para-hydroxylation sites is 1. The number of piperidine rings is 1. The lowest BCUT2D eigenvalue weighted by molar-refractivity contribution is -0.136. The monoisotopic (exact) mass is 430 g/mol. The van der Waals surface area contributed by atoms with E-state index in [0.29, 0.717) is 6.54 Å². The second-order valence-corrected chi connectivity index (χ2v) is 8.08. The fourth-order valence-electron chi connectivity index (χ4n) is 4.26. The summed E-state index contributed by atoms with van der Waals surface area (Å²) >= 11 is 0. The minimum Gasteiger partial charge on any atom is -0.496 e. The quantitative estimate of drug-likeness (QED) is 0.555. The van der Waals surface area contributed by atoms with Crippen LogP contribution in [0.5, 0.6) is 5.75 Å². The average Bonchev–Trinajstić information content (AvgIpc) is 2.87. The molecule has 2 aromatic carbocycles. The summed E-state index contributed by atoms with van der Waals surface area (Å²) in [7, 11) is 1.66. The molecule has 0 bridgehead atoms. The predicted molar refractivity (Wildman–Crippen MR) is 126 cm³/mol. The third-order valence-corrected chi connectivity index (χ3v) is 6.11. The molecular weight excluding hydrogens is 400 g/mol. The number of methoxy groups -OCH3 is 1. The highest BCUT2D eigenvalue weighted by molar-refractivity contribution is 5.79. The highest BCUT2D eigenvalue weighted by atomic mass is 16.5. The van der Waals surface area contributed by atoms with Crippen LogP contribution in [0.2, 0.25) is 0 Å². The van der Waals surface area contributed by atoms with Crippen LogP contribution < -0.4 is 9.64 Å². The van der Waals surface area contributed by atoms with Crippen LogP contribution in [0.15, 0.2) is 66.7 Å². The Hall–Kier alpha value is -3.41. The minimum absolute atomic E-state index is 0.0655. The normalized spacial score (nSPS) is 14.2. The van der Waals surface area contributed by atoms with Gasteiger partial charge < -0.3 is 14.5 Å². The summed E-state index contributed by atoms with van der Waals surface area (Å²) in [6.07, 6.45) is 1.67. The van der Waals surface area contributed by atoms with Gasteiger partial charge in [0.1, 0.15) is 5.75 Å². The predicted octanol–water partition coefficient (Wildman–Crippen LogP) is 4.42. The van der Waals surface area contributed by atoms with Crippen molar-refractivity contribution in [1.29, 1.82) is 0 Å². The molecule has 2 heterocycles. The van der Waals surface area contributed by atoms with Gasteiger partial charge in [-0.2, -0.15) is 0 Å². The molecule has 4 rings (SSSR count). The first-order chi connectivity index (χ1) is 15.7. The van der Waals surface area contributed by atoms with E-state index in [9.17, 15) is 4.79 Å². The molecule has 0 saturated carbocycles. The summed E-state index contributed by atoms with van der Waals surface area (Å²) in [5, 5.41) is 8.88. The molecule has 1 saturated heterocycles. The fraction of sp³-hybridized carbons (Fsp3) is 0.346. The van der Waals surface area contributed by atoms with Gasteiger partial charge in [-0.3, -0.25) is 4.79 Å². The van der Waals surface area contributed by atoms with E-state index in [1.165, 1.54) is 5.56 Å². The van der Waals surface area contributed by atoms with Crippen molar-refractivity contribution in [2.24, 2.45) is 5.92 Å². The molecule has 6 heteroatoms. The van der Waals surface area contributed by atoms with Crippen LogP contribution >= 0.6 is 0 Å². The molecule has 0 spiro atoms. The van der Waals surface area contributed by atoms with Crippen molar-refractivity contribution in [3.63, 3.8) is 0 Å². The number of hydrogen-bond acceptors (Lipinski definition) is 5. The zero-order chi connectivity index (χ0) is 22.3. The first-order valence-corrected chi connectivity index (χ1v) is 11.2. The van der Waals surface area contributed by atoms with Crippen LogP contribution in [-0.4, -0.2) is 47.7 Å². The van der Waals surface area contributed by atoms with Crippen LogP contribution in [0.1, 0.15) is 25.3 Å². The van der Waals surface area contributed by atoms with Crippen LogP contribution in [0, 0.1) is 5.92 Å². The molecule has 166 valence electrons. The highest BCUT2D eigenvalue weighted by Crippen LogP contribution is 2.29. The highest BCUT2D eigenvalue weighted by Gasteiger charge is 2.28. The van der Waals surface area contributed by atoms with Gasteiger partial charge in [0.2, 0.25) is 5.91 Å². The van der Waals surface area contributed by atoms with Gasteiger partial charge in [-0.05, 0) is 49.6 Å². The number of benzene rings is 2. The average molecular weight is 431 g/mol. The largest absolute Gasteiger partial charge is 0.496 e. The summed E-state index contributed by atoms with van der Waals surface area (Å²) in [5.41, 5.74) is 2.89. The number of carbonyl (C=O) groups excluding carboxylic acids is 1. The summed E-state index contributed by atoms with van der Waals surface area (Å²) in [4.78, 5) is 17.3. The van der Waals surface area contributed by atoms with Gasteiger partial charge in [0.05, 0.1) is 12.8 Å². The van der Waals surface area contributed by atoms with Crippen molar-refractivity contribution in [2.45, 2.75) is 26.3 Å². The maximum Gasteiger partial charge on any atom is 0.226 e. The molecule has 0 aliphatic carbocycles. The Bertz CT molecular complexity index is 1020. The van der Waals surface area contributed by atoms with Crippen molar-refractivity contribution in [3.8, 4) is 17.0 Å². The molecule has 0 unspecified atom stereocenters. The number of aromatic nitrogens is 2. The first kappa shape index (κ1) is 21.8. The summed E-state index contributed by atoms with van der Waals surface area (Å²) in [6.45, 7) is 5.06. The topological polar surface area (TPSA) is 58.6 Å². The summed E-state index contributed by atoms with van der Waals surface area (Å²) in [5.74, 6) is 1.96. The number of rotatable bonds is 7. The van der Waals surface area contributed by atoms with Gasteiger partial charge in [0, 0.05) is 37.7 Å². The number of anilines is 1. The lowest BCUT2D eigenvalue weighted by atomic mass is 9.95. The van der Waals surface area contributed by atoms with Crippen molar-refractivity contribution in [2.75, 3.05) is 31.6 Å². The molecule has 1 aliphatic rings. The van der Waals surface area contributed by atoms with E-state index in [-0.39, 0.29) is 11.8 Å². The lowest BCUT2D eigenvalue weighted by Crippen LogP contribution is -2.42. The summed E-state index contributed by atoms with van der Waals surface area (Å²) in [6, 6.07) is 22.0. The maximum absolute atomic E-state index is 13.1. The number of amides is 1. The molecule has 1 aliphatic heterocycles.